The maximum atomic E-state index is 9.97. The molecular weight excluding hydrogens is 524 g/mol. The normalized spacial score (nSPS) is 19.0. The zero-order valence-corrected chi connectivity index (χ0v) is 25.9. The van der Waals surface area contributed by atoms with Crippen molar-refractivity contribution in [2.45, 2.75) is 77.3 Å². The van der Waals surface area contributed by atoms with Crippen LogP contribution in [0.5, 0.6) is 23.0 Å². The third-order valence-electron chi connectivity index (χ3n) is 9.25. The Labute approximate surface area is 252 Å². The molecule has 1 aliphatic carbocycles. The first kappa shape index (κ1) is 30.1. The van der Waals surface area contributed by atoms with E-state index in [9.17, 15) is 5.11 Å². The average molecular weight is 573 g/mol. The molecule has 226 valence electrons. The fraction of sp³-hybridized carbons (Fsp3) is 0.500. The van der Waals surface area contributed by atoms with Gasteiger partial charge in [0.05, 0.1) is 14.2 Å². The molecule has 0 bridgehead atoms. The zero-order valence-electron chi connectivity index (χ0n) is 25.9. The van der Waals surface area contributed by atoms with Crippen LogP contribution in [0.3, 0.4) is 0 Å². The number of nitrogens with zero attached hydrogens (tertiary/aromatic N) is 2. The van der Waals surface area contributed by atoms with Crippen LogP contribution in [-0.4, -0.2) is 56.5 Å². The molecule has 6 nitrogen and oxygen atoms in total. The van der Waals surface area contributed by atoms with E-state index in [1.165, 1.54) is 60.2 Å². The van der Waals surface area contributed by atoms with Crippen molar-refractivity contribution in [3.05, 3.63) is 76.9 Å². The minimum atomic E-state index is 0.347. The van der Waals surface area contributed by atoms with Crippen molar-refractivity contribution in [3.8, 4) is 23.0 Å². The van der Waals surface area contributed by atoms with Gasteiger partial charge >= 0.3 is 0 Å². The molecule has 0 aromatic heterocycles. The van der Waals surface area contributed by atoms with Crippen molar-refractivity contribution in [1.29, 1.82) is 0 Å². The number of hydrogen-bond acceptors (Lipinski definition) is 6. The number of fused-ring (bicyclic) bond motifs is 1. The van der Waals surface area contributed by atoms with E-state index < -0.39 is 0 Å². The monoisotopic (exact) mass is 572 g/mol. The summed E-state index contributed by atoms with van der Waals surface area (Å²) in [6, 6.07) is 19.4. The fourth-order valence-corrected chi connectivity index (χ4v) is 6.72. The molecule has 0 spiro atoms. The van der Waals surface area contributed by atoms with Crippen molar-refractivity contribution in [2.75, 3.05) is 45.4 Å². The molecule has 2 aliphatic rings. The topological polar surface area (TPSA) is 54.4 Å². The van der Waals surface area contributed by atoms with Crippen molar-refractivity contribution in [2.24, 2.45) is 0 Å². The third-order valence-corrected chi connectivity index (χ3v) is 9.25. The lowest BCUT2D eigenvalue weighted by Crippen LogP contribution is -2.35. The predicted octanol–water partition coefficient (Wildman–Crippen LogP) is 7.35. The van der Waals surface area contributed by atoms with E-state index in [0.29, 0.717) is 17.7 Å². The van der Waals surface area contributed by atoms with Crippen LogP contribution in [0.2, 0.25) is 0 Å². The van der Waals surface area contributed by atoms with Gasteiger partial charge in [-0.1, -0.05) is 31.0 Å². The highest BCUT2D eigenvalue weighted by molar-refractivity contribution is 5.64. The Morgan fingerprint density at radius 3 is 2.45 bits per heavy atom. The largest absolute Gasteiger partial charge is 0.508 e. The Hall–Kier alpha value is -3.38. The average Bonchev–Trinajstić information content (AvgIpc) is 3.23. The number of phenols is 1. The fourth-order valence-electron chi connectivity index (χ4n) is 6.72. The van der Waals surface area contributed by atoms with Gasteiger partial charge in [-0.05, 0) is 111 Å². The Kier molecular flexibility index (Phi) is 10.2. The van der Waals surface area contributed by atoms with Gasteiger partial charge in [0.2, 0.25) is 0 Å². The van der Waals surface area contributed by atoms with Crippen LogP contribution in [0, 0.1) is 0 Å². The van der Waals surface area contributed by atoms with E-state index in [-0.39, 0.29) is 0 Å². The molecule has 1 aliphatic heterocycles. The van der Waals surface area contributed by atoms with Crippen molar-refractivity contribution < 1.29 is 19.3 Å². The number of hydrogen-bond donors (Lipinski definition) is 1. The highest BCUT2D eigenvalue weighted by atomic mass is 16.5. The number of rotatable bonds is 11. The summed E-state index contributed by atoms with van der Waals surface area (Å²) in [6.45, 7) is 9.12. The third kappa shape index (κ3) is 7.15. The van der Waals surface area contributed by atoms with E-state index in [1.54, 1.807) is 20.3 Å². The van der Waals surface area contributed by atoms with Gasteiger partial charge in [-0.3, -0.25) is 4.90 Å². The van der Waals surface area contributed by atoms with Crippen molar-refractivity contribution in [3.63, 3.8) is 0 Å². The molecular formula is C36H48N2O4. The van der Waals surface area contributed by atoms with Crippen LogP contribution in [0.4, 0.5) is 5.69 Å². The van der Waals surface area contributed by atoms with Crippen molar-refractivity contribution >= 4 is 5.69 Å². The summed E-state index contributed by atoms with van der Waals surface area (Å²) in [5.41, 5.74) is 6.29. The molecule has 2 atom stereocenters. The molecule has 2 unspecified atom stereocenters. The summed E-state index contributed by atoms with van der Waals surface area (Å²) in [7, 11) is 3.41. The SMILES string of the molecule is CCN(Cc1ccc(OCCN2CCCCCC2C)cc1)c1cc(OC)c(OC)cc1C1CCc2cc(O)ccc2C1. The maximum absolute atomic E-state index is 9.97. The second kappa shape index (κ2) is 14.2. The summed E-state index contributed by atoms with van der Waals surface area (Å²) in [4.78, 5) is 5.01. The molecule has 1 N–H and O–H groups in total. The van der Waals surface area contributed by atoms with Crippen LogP contribution >= 0.6 is 0 Å². The minimum absolute atomic E-state index is 0.347. The summed E-state index contributed by atoms with van der Waals surface area (Å²) >= 11 is 0. The highest BCUT2D eigenvalue weighted by Crippen LogP contribution is 2.43. The quantitative estimate of drug-likeness (QED) is 0.259. The standard InChI is InChI=1S/C36H48N2O4/c1-5-37(25-27-10-16-32(17-11-27)42-20-19-38-18-8-6-7-9-26(38)2)34-24-36(41-4)35(40-3)23-33(34)30-13-12-29-22-31(39)15-14-28(29)21-30/h10-11,14-17,22-24,26,30,39H,5-9,12-13,18-21,25H2,1-4H3. The first-order valence-electron chi connectivity index (χ1n) is 15.8. The lowest BCUT2D eigenvalue weighted by Gasteiger charge is -2.32. The molecule has 1 fully saturated rings. The van der Waals surface area contributed by atoms with Gasteiger partial charge in [0.25, 0.3) is 0 Å². The van der Waals surface area contributed by atoms with Gasteiger partial charge in [0.15, 0.2) is 11.5 Å². The van der Waals surface area contributed by atoms with Gasteiger partial charge in [-0.25, -0.2) is 0 Å². The number of aryl methyl sites for hydroxylation is 1. The molecule has 3 aromatic carbocycles. The summed E-state index contributed by atoms with van der Waals surface area (Å²) < 4.78 is 17.6. The van der Waals surface area contributed by atoms with E-state index >= 15 is 0 Å². The molecule has 1 saturated heterocycles. The summed E-state index contributed by atoms with van der Waals surface area (Å²) in [6.07, 6.45) is 8.21. The minimum Gasteiger partial charge on any atom is -0.508 e. The summed E-state index contributed by atoms with van der Waals surface area (Å²) in [5.74, 6) is 3.15. The molecule has 6 heteroatoms. The van der Waals surface area contributed by atoms with Crippen LogP contribution in [0.15, 0.2) is 54.6 Å². The maximum Gasteiger partial charge on any atom is 0.162 e. The lowest BCUT2D eigenvalue weighted by molar-refractivity contribution is 0.171. The first-order valence-corrected chi connectivity index (χ1v) is 15.8. The first-order chi connectivity index (χ1) is 20.5. The lowest BCUT2D eigenvalue weighted by atomic mass is 9.79. The molecule has 0 radical (unpaired) electrons. The predicted molar refractivity (Wildman–Crippen MR) is 171 cm³/mol. The van der Waals surface area contributed by atoms with E-state index in [0.717, 1.165) is 62.8 Å². The van der Waals surface area contributed by atoms with Crippen molar-refractivity contribution in [1.82, 2.24) is 4.90 Å². The number of anilines is 1. The van der Waals surface area contributed by atoms with E-state index in [4.69, 9.17) is 14.2 Å². The van der Waals surface area contributed by atoms with E-state index in [1.807, 2.05) is 6.07 Å². The van der Waals surface area contributed by atoms with Crippen LogP contribution in [0.1, 0.15) is 74.1 Å². The summed E-state index contributed by atoms with van der Waals surface area (Å²) in [5, 5.41) is 9.97. The van der Waals surface area contributed by atoms with Gasteiger partial charge < -0.3 is 24.2 Å². The molecule has 3 aromatic rings. The number of ether oxygens (including phenoxy) is 3. The highest BCUT2D eigenvalue weighted by Gasteiger charge is 2.26. The number of likely N-dealkylation sites (tertiary alicyclic amines) is 1. The molecule has 0 amide bonds. The van der Waals surface area contributed by atoms with Crippen LogP contribution in [-0.2, 0) is 19.4 Å². The molecule has 0 saturated carbocycles. The van der Waals surface area contributed by atoms with Crippen LogP contribution < -0.4 is 19.1 Å². The Morgan fingerprint density at radius 1 is 0.905 bits per heavy atom. The van der Waals surface area contributed by atoms with Crippen LogP contribution in [0.25, 0.3) is 0 Å². The smallest absolute Gasteiger partial charge is 0.162 e. The Morgan fingerprint density at radius 2 is 1.69 bits per heavy atom. The second-order valence-corrected chi connectivity index (χ2v) is 11.9. The number of methoxy groups -OCH3 is 2. The molecule has 5 rings (SSSR count). The Balaban J connectivity index is 1.30. The molecule has 42 heavy (non-hydrogen) atoms. The van der Waals surface area contributed by atoms with E-state index in [2.05, 4.69) is 66.1 Å². The molecule has 1 heterocycles. The van der Waals surface area contributed by atoms with Gasteiger partial charge in [-0.2, -0.15) is 0 Å². The zero-order chi connectivity index (χ0) is 29.5. The van der Waals surface area contributed by atoms with Gasteiger partial charge in [0.1, 0.15) is 18.1 Å². The number of phenolic OH excluding ortho intramolecular Hbond substituents is 1. The second-order valence-electron chi connectivity index (χ2n) is 11.9. The number of benzene rings is 3. The van der Waals surface area contributed by atoms with Gasteiger partial charge in [0, 0.05) is 37.4 Å². The Bertz CT molecular complexity index is 1310. The number of aromatic hydroxyl groups is 1. The van der Waals surface area contributed by atoms with Gasteiger partial charge in [-0.15, -0.1) is 0 Å².